The van der Waals surface area contributed by atoms with Gasteiger partial charge in [0.1, 0.15) is 11.8 Å². The molecule has 5 heteroatoms. The summed E-state index contributed by atoms with van der Waals surface area (Å²) in [5.74, 6) is -0.470. The second-order valence-electron chi connectivity index (χ2n) is 5.80. The zero-order valence-electron chi connectivity index (χ0n) is 13.5. The number of hydrogen-bond donors (Lipinski definition) is 1. The van der Waals surface area contributed by atoms with E-state index < -0.39 is 5.91 Å². The number of carbonyl (C=O) groups is 1. The number of aromatic nitrogens is 3. The lowest BCUT2D eigenvalue weighted by Crippen LogP contribution is -2.16. The number of nitrogens with two attached hydrogens (primary N) is 1. The van der Waals surface area contributed by atoms with Gasteiger partial charge in [-0.3, -0.25) is 9.36 Å². The molecule has 25 heavy (non-hydrogen) atoms. The van der Waals surface area contributed by atoms with E-state index in [1.54, 1.807) is 18.6 Å². The van der Waals surface area contributed by atoms with E-state index in [0.717, 1.165) is 22.3 Å². The molecule has 0 unspecified atom stereocenters. The number of benzene rings is 2. The number of nitrogens with zero attached hydrogens (tertiary/aromatic N) is 3. The summed E-state index contributed by atoms with van der Waals surface area (Å²) < 4.78 is 1.84. The number of amides is 1. The van der Waals surface area contributed by atoms with E-state index in [2.05, 4.69) is 22.1 Å². The summed E-state index contributed by atoms with van der Waals surface area (Å²) in [7, 11) is 0. The number of carbonyl (C=O) groups excluding carboxylic acids is 1. The van der Waals surface area contributed by atoms with Gasteiger partial charge in [0, 0.05) is 6.20 Å². The van der Waals surface area contributed by atoms with E-state index in [1.165, 1.54) is 0 Å². The molecule has 0 bridgehead atoms. The third kappa shape index (κ3) is 2.76. The summed E-state index contributed by atoms with van der Waals surface area (Å²) in [5, 5.41) is 0. The van der Waals surface area contributed by atoms with Crippen LogP contribution in [0.1, 0.15) is 21.5 Å². The minimum absolute atomic E-state index is 0.457. The number of imidazole rings is 1. The van der Waals surface area contributed by atoms with E-state index in [4.69, 9.17) is 5.73 Å². The predicted octanol–water partition coefficient (Wildman–Crippen LogP) is 3.11. The average molecular weight is 328 g/mol. The van der Waals surface area contributed by atoms with Gasteiger partial charge in [0.25, 0.3) is 5.91 Å². The van der Waals surface area contributed by atoms with Crippen molar-refractivity contribution >= 4 is 17.1 Å². The maximum Gasteiger partial charge on any atom is 0.250 e. The van der Waals surface area contributed by atoms with Crippen LogP contribution in [0, 0.1) is 0 Å². The lowest BCUT2D eigenvalue weighted by molar-refractivity contribution is 0.1000. The normalized spacial score (nSPS) is 10.9. The average Bonchev–Trinajstić information content (AvgIpc) is 3.06. The summed E-state index contributed by atoms with van der Waals surface area (Å²) in [6.45, 7) is 0. The van der Waals surface area contributed by atoms with Crippen molar-refractivity contribution in [1.82, 2.24) is 14.5 Å². The predicted molar refractivity (Wildman–Crippen MR) is 96.6 cm³/mol. The molecule has 0 saturated heterocycles. The summed E-state index contributed by atoms with van der Waals surface area (Å²) in [6, 6.07) is 19.4. The highest BCUT2D eigenvalue weighted by atomic mass is 16.1. The van der Waals surface area contributed by atoms with Gasteiger partial charge < -0.3 is 5.73 Å². The Morgan fingerprint density at radius 2 is 1.80 bits per heavy atom. The first kappa shape index (κ1) is 15.1. The smallest absolute Gasteiger partial charge is 0.250 e. The van der Waals surface area contributed by atoms with Gasteiger partial charge >= 0.3 is 0 Å². The van der Waals surface area contributed by atoms with Crippen LogP contribution >= 0.6 is 0 Å². The van der Waals surface area contributed by atoms with Gasteiger partial charge in [-0.2, -0.15) is 0 Å². The molecule has 0 fully saturated rings. The standard InChI is InChI=1S/C20H16N4O/c21-19(25)16-9-4-8-15(12-14-6-2-1-3-7-14)18(16)24-13-23-17-10-5-11-22-20(17)24/h1-11,13H,12H2,(H2,21,25). The highest BCUT2D eigenvalue weighted by molar-refractivity contribution is 5.97. The Morgan fingerprint density at radius 1 is 0.960 bits per heavy atom. The molecule has 0 atom stereocenters. The monoisotopic (exact) mass is 328 g/mol. The van der Waals surface area contributed by atoms with Crippen LogP contribution in [-0.4, -0.2) is 20.4 Å². The van der Waals surface area contributed by atoms with Crippen LogP contribution in [0.25, 0.3) is 16.9 Å². The number of primary amides is 1. The molecule has 0 aliphatic heterocycles. The highest BCUT2D eigenvalue weighted by Gasteiger charge is 2.17. The van der Waals surface area contributed by atoms with Crippen LogP contribution in [-0.2, 0) is 6.42 Å². The van der Waals surface area contributed by atoms with Crippen LogP contribution in [0.5, 0.6) is 0 Å². The van der Waals surface area contributed by atoms with Gasteiger partial charge in [0.15, 0.2) is 5.65 Å². The summed E-state index contributed by atoms with van der Waals surface area (Å²) >= 11 is 0. The van der Waals surface area contributed by atoms with Crippen molar-refractivity contribution in [2.45, 2.75) is 6.42 Å². The Hall–Kier alpha value is -3.47. The lowest BCUT2D eigenvalue weighted by Gasteiger charge is -2.14. The zero-order chi connectivity index (χ0) is 17.2. The van der Waals surface area contributed by atoms with Gasteiger partial charge in [-0.25, -0.2) is 9.97 Å². The molecule has 0 radical (unpaired) electrons. The first-order valence-electron chi connectivity index (χ1n) is 7.98. The molecule has 2 aromatic carbocycles. The quantitative estimate of drug-likeness (QED) is 0.625. The number of fused-ring (bicyclic) bond motifs is 1. The van der Waals surface area contributed by atoms with Gasteiger partial charge in [-0.05, 0) is 35.7 Å². The number of para-hydroxylation sites is 1. The van der Waals surface area contributed by atoms with Crippen molar-refractivity contribution < 1.29 is 4.79 Å². The molecule has 1 amide bonds. The lowest BCUT2D eigenvalue weighted by atomic mass is 9.99. The Balaban J connectivity index is 1.94. The summed E-state index contributed by atoms with van der Waals surface area (Å²) in [4.78, 5) is 20.8. The fraction of sp³-hybridized carbons (Fsp3) is 0.0500. The van der Waals surface area contributed by atoms with Gasteiger partial charge in [0.05, 0.1) is 11.3 Å². The Labute approximate surface area is 144 Å². The molecule has 4 rings (SSSR count). The van der Waals surface area contributed by atoms with Crippen molar-refractivity contribution in [2.75, 3.05) is 0 Å². The van der Waals surface area contributed by atoms with Crippen LogP contribution in [0.2, 0.25) is 0 Å². The topological polar surface area (TPSA) is 73.8 Å². The Kier molecular flexibility index (Phi) is 3.74. The molecule has 0 aliphatic carbocycles. The maximum atomic E-state index is 12.0. The molecule has 122 valence electrons. The van der Waals surface area contributed by atoms with Crippen molar-refractivity contribution in [3.05, 3.63) is 89.9 Å². The van der Waals surface area contributed by atoms with Crippen LogP contribution in [0.4, 0.5) is 0 Å². The van der Waals surface area contributed by atoms with Crippen LogP contribution in [0.15, 0.2) is 73.2 Å². The largest absolute Gasteiger partial charge is 0.366 e. The van der Waals surface area contributed by atoms with Crippen molar-refractivity contribution in [3.8, 4) is 5.69 Å². The van der Waals surface area contributed by atoms with Gasteiger partial charge in [-0.15, -0.1) is 0 Å². The fourth-order valence-electron chi connectivity index (χ4n) is 3.05. The first-order valence-corrected chi connectivity index (χ1v) is 7.98. The van der Waals surface area contributed by atoms with Gasteiger partial charge in [-0.1, -0.05) is 42.5 Å². The van der Waals surface area contributed by atoms with E-state index in [-0.39, 0.29) is 0 Å². The third-order valence-corrected chi connectivity index (χ3v) is 4.17. The Bertz CT molecular complexity index is 1050. The van der Waals surface area contributed by atoms with E-state index in [1.807, 2.05) is 47.0 Å². The molecular formula is C20H16N4O. The SMILES string of the molecule is NC(=O)c1cccc(Cc2ccccc2)c1-n1cnc2cccnc21. The maximum absolute atomic E-state index is 12.0. The molecule has 0 aliphatic rings. The second kappa shape index (κ2) is 6.20. The van der Waals surface area contributed by atoms with Crippen LogP contribution in [0.3, 0.4) is 0 Å². The second-order valence-corrected chi connectivity index (χ2v) is 5.80. The van der Waals surface area contributed by atoms with E-state index >= 15 is 0 Å². The molecule has 0 saturated carbocycles. The molecular weight excluding hydrogens is 312 g/mol. The van der Waals surface area contributed by atoms with Crippen molar-refractivity contribution in [2.24, 2.45) is 5.73 Å². The zero-order valence-corrected chi connectivity index (χ0v) is 13.5. The molecule has 5 nitrogen and oxygen atoms in total. The highest BCUT2D eigenvalue weighted by Crippen LogP contribution is 2.25. The van der Waals surface area contributed by atoms with Crippen LogP contribution < -0.4 is 5.73 Å². The minimum Gasteiger partial charge on any atom is -0.366 e. The minimum atomic E-state index is -0.470. The molecule has 4 aromatic rings. The van der Waals surface area contributed by atoms with E-state index in [0.29, 0.717) is 17.6 Å². The van der Waals surface area contributed by atoms with Crippen molar-refractivity contribution in [3.63, 3.8) is 0 Å². The van der Waals surface area contributed by atoms with E-state index in [9.17, 15) is 4.79 Å². The molecule has 2 N–H and O–H groups in total. The summed E-state index contributed by atoms with van der Waals surface area (Å²) in [6.07, 6.45) is 4.09. The molecule has 2 aromatic heterocycles. The van der Waals surface area contributed by atoms with Gasteiger partial charge in [0.2, 0.25) is 0 Å². The molecule has 0 spiro atoms. The first-order chi connectivity index (χ1) is 12.2. The number of hydrogen-bond acceptors (Lipinski definition) is 3. The third-order valence-electron chi connectivity index (χ3n) is 4.17. The fourth-order valence-corrected chi connectivity index (χ4v) is 3.05. The number of rotatable bonds is 4. The number of pyridine rings is 1. The molecule has 2 heterocycles. The Morgan fingerprint density at radius 3 is 2.60 bits per heavy atom. The van der Waals surface area contributed by atoms with Crippen molar-refractivity contribution in [1.29, 1.82) is 0 Å². The summed E-state index contributed by atoms with van der Waals surface area (Å²) in [5.41, 5.74) is 10.4.